The maximum atomic E-state index is 13.8. The zero-order chi connectivity index (χ0) is 22.7. The number of thioether (sulfide) groups is 1. The van der Waals surface area contributed by atoms with Crippen LogP contribution in [0.2, 0.25) is 0 Å². The lowest BCUT2D eigenvalue weighted by Crippen LogP contribution is -2.32. The zero-order valence-electron chi connectivity index (χ0n) is 16.5. The van der Waals surface area contributed by atoms with E-state index in [1.807, 2.05) is 18.2 Å². The molecule has 32 heavy (non-hydrogen) atoms. The smallest absolute Gasteiger partial charge is 0.262 e. The van der Waals surface area contributed by atoms with E-state index in [2.05, 4.69) is 15.4 Å². The number of hydrogen-bond donors (Lipinski definition) is 3. The maximum absolute atomic E-state index is 13.8. The molecule has 0 fully saturated rings. The van der Waals surface area contributed by atoms with E-state index in [0.717, 1.165) is 11.0 Å². The lowest BCUT2D eigenvalue weighted by Gasteiger charge is -2.23. The van der Waals surface area contributed by atoms with Gasteiger partial charge in [0.05, 0.1) is 21.5 Å². The molecule has 0 saturated carbocycles. The molecule has 3 aromatic rings. The molecule has 0 aromatic heterocycles. The topological polar surface area (TPSA) is 104 Å². The molecule has 164 valence electrons. The number of benzene rings is 3. The number of nitrogens with one attached hydrogen (secondary N) is 3. The van der Waals surface area contributed by atoms with Crippen LogP contribution in [0.15, 0.2) is 82.6 Å². The Labute approximate surface area is 188 Å². The van der Waals surface area contributed by atoms with Crippen molar-refractivity contribution in [3.8, 4) is 0 Å². The highest BCUT2D eigenvalue weighted by Gasteiger charge is 2.29. The average Bonchev–Trinajstić information content (AvgIpc) is 2.76. The number of amides is 2. The second-order valence-electron chi connectivity index (χ2n) is 6.96. The number of carbonyl (C=O) groups is 2. The number of sulfonamides is 1. The van der Waals surface area contributed by atoms with Crippen molar-refractivity contribution in [3.63, 3.8) is 0 Å². The molecule has 0 radical (unpaired) electrons. The minimum Gasteiger partial charge on any atom is -0.326 e. The van der Waals surface area contributed by atoms with E-state index in [1.54, 1.807) is 6.07 Å². The van der Waals surface area contributed by atoms with E-state index in [9.17, 15) is 22.4 Å². The van der Waals surface area contributed by atoms with Gasteiger partial charge < -0.3 is 10.6 Å². The largest absolute Gasteiger partial charge is 0.326 e. The Hall–Kier alpha value is -3.37. The molecule has 0 aliphatic carbocycles. The number of para-hydroxylation sites is 2. The van der Waals surface area contributed by atoms with Crippen LogP contribution in [-0.2, 0) is 19.6 Å². The van der Waals surface area contributed by atoms with Crippen LogP contribution in [0.4, 0.5) is 21.5 Å². The van der Waals surface area contributed by atoms with Crippen LogP contribution in [0, 0.1) is 5.82 Å². The van der Waals surface area contributed by atoms with Gasteiger partial charge in [-0.25, -0.2) is 12.8 Å². The van der Waals surface area contributed by atoms with Crippen LogP contribution < -0.4 is 15.4 Å². The van der Waals surface area contributed by atoms with Gasteiger partial charge in [0, 0.05) is 17.0 Å². The van der Waals surface area contributed by atoms with Crippen molar-refractivity contribution >= 4 is 50.7 Å². The summed E-state index contributed by atoms with van der Waals surface area (Å²) >= 11 is 1.30. The molecule has 2 amide bonds. The first-order valence-corrected chi connectivity index (χ1v) is 11.9. The summed E-state index contributed by atoms with van der Waals surface area (Å²) in [6.45, 7) is 0. The van der Waals surface area contributed by atoms with Crippen molar-refractivity contribution in [3.05, 3.63) is 78.6 Å². The first kappa shape index (κ1) is 21.8. The van der Waals surface area contributed by atoms with E-state index in [-0.39, 0.29) is 28.6 Å². The van der Waals surface area contributed by atoms with Gasteiger partial charge >= 0.3 is 0 Å². The summed E-state index contributed by atoms with van der Waals surface area (Å²) in [4.78, 5) is 25.5. The third kappa shape index (κ3) is 4.92. The molecular weight excluding hydrogens is 453 g/mol. The Kier molecular flexibility index (Phi) is 6.15. The van der Waals surface area contributed by atoms with E-state index >= 15 is 0 Å². The lowest BCUT2D eigenvalue weighted by molar-refractivity contribution is -0.120. The van der Waals surface area contributed by atoms with Gasteiger partial charge in [-0.2, -0.15) is 0 Å². The Morgan fingerprint density at radius 1 is 1.03 bits per heavy atom. The summed E-state index contributed by atoms with van der Waals surface area (Å²) in [6, 6.07) is 18.3. The maximum Gasteiger partial charge on any atom is 0.262 e. The number of rotatable bonds is 6. The fraction of sp³-hybridized carbons (Fsp3) is 0.0909. The van der Waals surface area contributed by atoms with Gasteiger partial charge in [-0.1, -0.05) is 30.3 Å². The molecule has 0 saturated heterocycles. The van der Waals surface area contributed by atoms with Gasteiger partial charge in [-0.3, -0.25) is 14.3 Å². The minimum absolute atomic E-state index is 0.0880. The SMILES string of the molecule is O=C(CC1Sc2ccccc2NC1=O)Nc1cccc(S(=O)(=O)Nc2ccccc2F)c1. The highest BCUT2D eigenvalue weighted by molar-refractivity contribution is 8.01. The molecule has 1 unspecified atom stereocenters. The van der Waals surface area contributed by atoms with Gasteiger partial charge in [-0.15, -0.1) is 11.8 Å². The first-order chi connectivity index (χ1) is 15.3. The molecule has 7 nitrogen and oxygen atoms in total. The predicted octanol–water partition coefficient (Wildman–Crippen LogP) is 4.07. The Morgan fingerprint density at radius 3 is 2.59 bits per heavy atom. The summed E-state index contributed by atoms with van der Waals surface area (Å²) in [5, 5.41) is 4.79. The predicted molar refractivity (Wildman–Crippen MR) is 122 cm³/mol. The second kappa shape index (κ2) is 9.01. The summed E-state index contributed by atoms with van der Waals surface area (Å²) in [5.41, 5.74) is 0.773. The summed E-state index contributed by atoms with van der Waals surface area (Å²) < 4.78 is 41.3. The fourth-order valence-electron chi connectivity index (χ4n) is 3.10. The average molecular weight is 472 g/mol. The molecule has 3 N–H and O–H groups in total. The van der Waals surface area contributed by atoms with Crippen molar-refractivity contribution < 1.29 is 22.4 Å². The van der Waals surface area contributed by atoms with E-state index in [0.29, 0.717) is 5.69 Å². The highest BCUT2D eigenvalue weighted by atomic mass is 32.2. The van der Waals surface area contributed by atoms with Crippen LogP contribution in [-0.4, -0.2) is 25.5 Å². The Morgan fingerprint density at radius 2 is 1.78 bits per heavy atom. The van der Waals surface area contributed by atoms with Crippen LogP contribution in [0.5, 0.6) is 0 Å². The summed E-state index contributed by atoms with van der Waals surface area (Å²) in [6.07, 6.45) is -0.0880. The van der Waals surface area contributed by atoms with Gasteiger partial charge in [0.1, 0.15) is 5.82 Å². The minimum atomic E-state index is -4.07. The third-order valence-electron chi connectivity index (χ3n) is 4.62. The number of fused-ring (bicyclic) bond motifs is 1. The number of hydrogen-bond acceptors (Lipinski definition) is 5. The Balaban J connectivity index is 1.44. The zero-order valence-corrected chi connectivity index (χ0v) is 18.2. The second-order valence-corrected chi connectivity index (χ2v) is 9.88. The molecule has 10 heteroatoms. The molecule has 0 bridgehead atoms. The van der Waals surface area contributed by atoms with Crippen molar-refractivity contribution in [1.82, 2.24) is 0 Å². The quantitative estimate of drug-likeness (QED) is 0.503. The van der Waals surface area contributed by atoms with Gasteiger partial charge in [-0.05, 0) is 42.5 Å². The number of anilines is 3. The van der Waals surface area contributed by atoms with Crippen LogP contribution in [0.3, 0.4) is 0 Å². The fourth-order valence-corrected chi connectivity index (χ4v) is 5.32. The molecular formula is C22H18FN3O4S2. The highest BCUT2D eigenvalue weighted by Crippen LogP contribution is 2.36. The van der Waals surface area contributed by atoms with E-state index in [1.165, 1.54) is 54.2 Å². The van der Waals surface area contributed by atoms with E-state index in [4.69, 9.17) is 0 Å². The van der Waals surface area contributed by atoms with Crippen molar-refractivity contribution in [2.75, 3.05) is 15.4 Å². The summed E-state index contributed by atoms with van der Waals surface area (Å²) in [5.74, 6) is -1.41. The molecule has 4 rings (SSSR count). The van der Waals surface area contributed by atoms with Crippen LogP contribution in [0.25, 0.3) is 0 Å². The molecule has 1 aliphatic heterocycles. The van der Waals surface area contributed by atoms with Crippen molar-refractivity contribution in [2.24, 2.45) is 0 Å². The standard InChI is InChI=1S/C22H18FN3O4S2/c23-16-8-1-2-9-17(16)26-32(29,30)15-7-5-6-14(12-15)24-21(27)13-20-22(28)25-18-10-3-4-11-19(18)31-20/h1-12,20,26H,13H2,(H,24,27)(H,25,28). The number of carbonyl (C=O) groups excluding carboxylic acids is 2. The molecule has 1 atom stereocenters. The van der Waals surface area contributed by atoms with Gasteiger partial charge in [0.2, 0.25) is 11.8 Å². The van der Waals surface area contributed by atoms with Crippen molar-refractivity contribution in [1.29, 1.82) is 0 Å². The molecule has 1 aliphatic rings. The first-order valence-electron chi connectivity index (χ1n) is 9.56. The molecule has 0 spiro atoms. The molecule has 3 aromatic carbocycles. The van der Waals surface area contributed by atoms with Crippen molar-refractivity contribution in [2.45, 2.75) is 21.5 Å². The number of halogens is 1. The van der Waals surface area contributed by atoms with E-state index < -0.39 is 27.0 Å². The van der Waals surface area contributed by atoms with Gasteiger partial charge in [0.25, 0.3) is 10.0 Å². The lowest BCUT2D eigenvalue weighted by atomic mass is 10.2. The third-order valence-corrected chi connectivity index (χ3v) is 7.26. The van der Waals surface area contributed by atoms with Crippen LogP contribution >= 0.6 is 11.8 Å². The Bertz CT molecular complexity index is 1300. The van der Waals surface area contributed by atoms with Gasteiger partial charge in [0.15, 0.2) is 0 Å². The van der Waals surface area contributed by atoms with Crippen LogP contribution in [0.1, 0.15) is 6.42 Å². The summed E-state index contributed by atoms with van der Waals surface area (Å²) in [7, 11) is -4.07. The monoisotopic (exact) mass is 471 g/mol. The molecule has 1 heterocycles. The normalized spacial score (nSPS) is 15.4.